The number of benzene rings is 1. The molecule has 132 valence electrons. The summed E-state index contributed by atoms with van der Waals surface area (Å²) < 4.78 is 32.4. The molecular formula is C16H18N4O4S. The number of ether oxygens (including phenoxy) is 1. The lowest BCUT2D eigenvalue weighted by Crippen LogP contribution is -2.14. The van der Waals surface area contributed by atoms with Crippen molar-refractivity contribution in [3.63, 3.8) is 0 Å². The van der Waals surface area contributed by atoms with Crippen LogP contribution in [0.2, 0.25) is 0 Å². The highest BCUT2D eigenvalue weighted by molar-refractivity contribution is 7.92. The van der Waals surface area contributed by atoms with Gasteiger partial charge in [0.2, 0.25) is 5.91 Å². The Morgan fingerprint density at radius 1 is 1.28 bits per heavy atom. The summed E-state index contributed by atoms with van der Waals surface area (Å²) in [5.41, 5.74) is 1.67. The van der Waals surface area contributed by atoms with Crippen LogP contribution < -0.4 is 15.4 Å². The van der Waals surface area contributed by atoms with Gasteiger partial charge < -0.3 is 15.4 Å². The zero-order chi connectivity index (χ0) is 17.9. The predicted molar refractivity (Wildman–Crippen MR) is 94.2 cm³/mol. The van der Waals surface area contributed by atoms with Gasteiger partial charge in [-0.05, 0) is 35.9 Å². The van der Waals surface area contributed by atoms with E-state index < -0.39 is 10.0 Å². The Kier molecular flexibility index (Phi) is 4.86. The van der Waals surface area contributed by atoms with Gasteiger partial charge in [0.15, 0.2) is 0 Å². The number of anilines is 3. The second-order valence-corrected chi connectivity index (χ2v) is 7.18. The molecule has 1 aromatic carbocycles. The number of rotatable bonds is 7. The molecule has 3 N–H and O–H groups in total. The van der Waals surface area contributed by atoms with Gasteiger partial charge in [0.05, 0.1) is 29.8 Å². The number of fused-ring (bicyclic) bond motifs is 1. The fourth-order valence-electron chi connectivity index (χ4n) is 2.43. The fourth-order valence-corrected chi connectivity index (χ4v) is 3.52. The van der Waals surface area contributed by atoms with Crippen LogP contribution in [0.5, 0.6) is 0 Å². The minimum atomic E-state index is -3.76. The number of aromatic nitrogens is 1. The van der Waals surface area contributed by atoms with Crippen LogP contribution in [0.1, 0.15) is 5.56 Å². The number of sulfonamides is 1. The number of hydrogen-bond donors (Lipinski definition) is 3. The summed E-state index contributed by atoms with van der Waals surface area (Å²) in [6.07, 6.45) is 1.62. The van der Waals surface area contributed by atoms with E-state index in [1.807, 2.05) is 0 Å². The Morgan fingerprint density at radius 2 is 2.12 bits per heavy atom. The SMILES string of the molecule is COCCNc1ccc(NS(=O)(=O)c2ccc3c(c2)CC(=O)N3)cn1. The molecule has 25 heavy (non-hydrogen) atoms. The molecule has 9 heteroatoms. The lowest BCUT2D eigenvalue weighted by atomic mass is 10.2. The predicted octanol–water partition coefficient (Wildman–Crippen LogP) is 1.44. The highest BCUT2D eigenvalue weighted by atomic mass is 32.2. The highest BCUT2D eigenvalue weighted by Crippen LogP contribution is 2.26. The molecule has 0 fully saturated rings. The van der Waals surface area contributed by atoms with E-state index in [0.29, 0.717) is 35.9 Å². The zero-order valence-electron chi connectivity index (χ0n) is 13.6. The van der Waals surface area contributed by atoms with Crippen LogP contribution in [-0.4, -0.2) is 39.6 Å². The van der Waals surface area contributed by atoms with Gasteiger partial charge in [-0.25, -0.2) is 13.4 Å². The molecule has 1 aromatic heterocycles. The van der Waals surface area contributed by atoms with E-state index in [4.69, 9.17) is 4.74 Å². The number of carbonyl (C=O) groups excluding carboxylic acids is 1. The molecule has 2 heterocycles. The molecule has 1 aliphatic rings. The van der Waals surface area contributed by atoms with Crippen molar-refractivity contribution in [2.45, 2.75) is 11.3 Å². The lowest BCUT2D eigenvalue weighted by molar-refractivity contribution is -0.115. The van der Waals surface area contributed by atoms with E-state index in [2.05, 4.69) is 20.3 Å². The van der Waals surface area contributed by atoms with Crippen LogP contribution in [0.4, 0.5) is 17.2 Å². The first-order valence-corrected chi connectivity index (χ1v) is 9.11. The molecular weight excluding hydrogens is 344 g/mol. The van der Waals surface area contributed by atoms with Crippen molar-refractivity contribution in [2.24, 2.45) is 0 Å². The summed E-state index contributed by atoms with van der Waals surface area (Å²) in [4.78, 5) is 15.6. The zero-order valence-corrected chi connectivity index (χ0v) is 14.4. The van der Waals surface area contributed by atoms with Crippen LogP contribution >= 0.6 is 0 Å². The third-order valence-corrected chi connectivity index (χ3v) is 5.02. The monoisotopic (exact) mass is 362 g/mol. The fraction of sp³-hybridized carbons (Fsp3) is 0.250. The van der Waals surface area contributed by atoms with Crippen molar-refractivity contribution >= 4 is 33.1 Å². The van der Waals surface area contributed by atoms with Crippen molar-refractivity contribution in [3.8, 4) is 0 Å². The van der Waals surface area contributed by atoms with Gasteiger partial charge in [-0.3, -0.25) is 9.52 Å². The third kappa shape index (κ3) is 4.06. The highest BCUT2D eigenvalue weighted by Gasteiger charge is 2.22. The second kappa shape index (κ2) is 7.08. The number of nitrogens with zero attached hydrogens (tertiary/aromatic N) is 1. The number of hydrogen-bond acceptors (Lipinski definition) is 6. The van der Waals surface area contributed by atoms with Crippen molar-refractivity contribution < 1.29 is 17.9 Å². The van der Waals surface area contributed by atoms with Crippen molar-refractivity contribution in [2.75, 3.05) is 35.6 Å². The Labute approximate surface area is 145 Å². The van der Waals surface area contributed by atoms with Crippen molar-refractivity contribution in [3.05, 3.63) is 42.1 Å². The number of nitrogens with one attached hydrogen (secondary N) is 3. The van der Waals surface area contributed by atoms with Gasteiger partial charge in [-0.2, -0.15) is 0 Å². The number of pyridine rings is 1. The average molecular weight is 362 g/mol. The summed E-state index contributed by atoms with van der Waals surface area (Å²) in [7, 11) is -2.15. The Hall–Kier alpha value is -2.65. The molecule has 8 nitrogen and oxygen atoms in total. The maximum atomic E-state index is 12.5. The van der Waals surface area contributed by atoms with Gasteiger partial charge in [0, 0.05) is 19.3 Å². The summed E-state index contributed by atoms with van der Waals surface area (Å²) in [6, 6.07) is 7.86. The first-order chi connectivity index (χ1) is 12.0. The van der Waals surface area contributed by atoms with E-state index in [-0.39, 0.29) is 17.2 Å². The molecule has 0 unspecified atom stereocenters. The minimum absolute atomic E-state index is 0.102. The second-order valence-electron chi connectivity index (χ2n) is 5.50. The van der Waals surface area contributed by atoms with E-state index in [0.717, 1.165) is 0 Å². The molecule has 1 amide bonds. The van der Waals surface area contributed by atoms with Crippen LogP contribution in [0.3, 0.4) is 0 Å². The van der Waals surface area contributed by atoms with E-state index >= 15 is 0 Å². The Morgan fingerprint density at radius 3 is 2.84 bits per heavy atom. The van der Waals surface area contributed by atoms with Crippen LogP contribution in [-0.2, 0) is 26.0 Å². The lowest BCUT2D eigenvalue weighted by Gasteiger charge is -2.10. The summed E-state index contributed by atoms with van der Waals surface area (Å²) in [5, 5.41) is 5.72. The first kappa shape index (κ1) is 17.2. The molecule has 0 bridgehead atoms. The molecule has 0 radical (unpaired) electrons. The number of methoxy groups -OCH3 is 1. The minimum Gasteiger partial charge on any atom is -0.383 e. The molecule has 0 saturated carbocycles. The molecule has 0 atom stereocenters. The quantitative estimate of drug-likeness (QED) is 0.643. The van der Waals surface area contributed by atoms with Gasteiger partial charge in [0.1, 0.15) is 5.82 Å². The molecule has 0 spiro atoms. The maximum Gasteiger partial charge on any atom is 0.261 e. The maximum absolute atomic E-state index is 12.5. The van der Waals surface area contributed by atoms with Crippen molar-refractivity contribution in [1.82, 2.24) is 4.98 Å². The normalized spacial score (nSPS) is 13.2. The smallest absolute Gasteiger partial charge is 0.261 e. The summed E-state index contributed by atoms with van der Waals surface area (Å²) in [6.45, 7) is 1.15. The Bertz CT molecular complexity index is 882. The molecule has 2 aromatic rings. The average Bonchev–Trinajstić information content (AvgIpc) is 2.95. The van der Waals surface area contributed by atoms with Gasteiger partial charge >= 0.3 is 0 Å². The first-order valence-electron chi connectivity index (χ1n) is 7.62. The van der Waals surface area contributed by atoms with Crippen LogP contribution in [0.25, 0.3) is 0 Å². The van der Waals surface area contributed by atoms with Crippen LogP contribution in [0.15, 0.2) is 41.4 Å². The Balaban J connectivity index is 1.71. The van der Waals surface area contributed by atoms with Crippen molar-refractivity contribution in [1.29, 1.82) is 0 Å². The molecule has 0 aliphatic carbocycles. The van der Waals surface area contributed by atoms with Gasteiger partial charge in [0.25, 0.3) is 10.0 Å². The number of carbonyl (C=O) groups is 1. The van der Waals surface area contributed by atoms with E-state index in [1.165, 1.54) is 18.3 Å². The van der Waals surface area contributed by atoms with E-state index in [1.54, 1.807) is 25.3 Å². The van der Waals surface area contributed by atoms with E-state index in [9.17, 15) is 13.2 Å². The topological polar surface area (TPSA) is 109 Å². The summed E-state index contributed by atoms with van der Waals surface area (Å²) >= 11 is 0. The van der Waals surface area contributed by atoms with Gasteiger partial charge in [-0.1, -0.05) is 0 Å². The largest absolute Gasteiger partial charge is 0.383 e. The summed E-state index contributed by atoms with van der Waals surface area (Å²) in [5.74, 6) is 0.486. The molecule has 1 aliphatic heterocycles. The third-order valence-electron chi connectivity index (χ3n) is 3.64. The van der Waals surface area contributed by atoms with Gasteiger partial charge in [-0.15, -0.1) is 0 Å². The molecule has 3 rings (SSSR count). The van der Waals surface area contributed by atoms with Crippen LogP contribution in [0, 0.1) is 0 Å². The molecule has 0 saturated heterocycles. The standard InChI is InChI=1S/C16H18N4O4S/c1-24-7-6-17-15-5-2-12(10-18-15)20-25(22,23)13-3-4-14-11(8-13)9-16(21)19-14/h2-5,8,10,20H,6-7,9H2,1H3,(H,17,18)(H,19,21). The number of amides is 1.